The topological polar surface area (TPSA) is 83.5 Å². The van der Waals surface area contributed by atoms with Crippen molar-refractivity contribution in [1.82, 2.24) is 10.2 Å². The summed E-state index contributed by atoms with van der Waals surface area (Å²) in [5, 5.41) is 14.7. The van der Waals surface area contributed by atoms with Crippen LogP contribution in [0.2, 0.25) is 0 Å². The van der Waals surface area contributed by atoms with Crippen molar-refractivity contribution in [3.05, 3.63) is 47.5 Å². The lowest BCUT2D eigenvalue weighted by Gasteiger charge is -2.33. The molecule has 2 fully saturated rings. The number of ether oxygens (including phenoxy) is 3. The van der Waals surface area contributed by atoms with Gasteiger partial charge in [0.1, 0.15) is 30.7 Å². The average molecular weight is 536 g/mol. The number of hydrogen-bond acceptors (Lipinski definition) is 7. The highest BCUT2D eigenvalue weighted by Crippen LogP contribution is 2.37. The summed E-state index contributed by atoms with van der Waals surface area (Å²) >= 11 is 0. The first kappa shape index (κ1) is 26.3. The molecule has 4 heterocycles. The van der Waals surface area contributed by atoms with Crippen LogP contribution in [-0.2, 0) is 11.2 Å². The van der Waals surface area contributed by atoms with Crippen molar-refractivity contribution in [3.63, 3.8) is 0 Å². The standard InChI is InChI=1S/C31H41N3O5/c1-31(2)11-9-21-17-24(6-8-26(21)39-31)34-14-10-23(19-34)30(36)32-25(20-33-12-3-4-13-33)29(35)22-5-7-27-28(18-22)38-16-15-37-27/h5-8,17-18,23,25,29,35H,3-4,9-16,19-20H2,1-2H3,(H,32,36). The van der Waals surface area contributed by atoms with E-state index in [0.717, 1.165) is 68.7 Å². The Hall–Kier alpha value is -2.97. The Bertz CT molecular complexity index is 1190. The fourth-order valence-corrected chi connectivity index (χ4v) is 6.30. The molecule has 8 heteroatoms. The number of likely N-dealkylation sites (tertiary alicyclic amines) is 1. The van der Waals surface area contributed by atoms with Crippen molar-refractivity contribution in [2.75, 3.05) is 50.8 Å². The van der Waals surface area contributed by atoms with Crippen molar-refractivity contribution in [2.45, 2.75) is 63.7 Å². The van der Waals surface area contributed by atoms with E-state index < -0.39 is 12.1 Å². The third kappa shape index (κ3) is 5.82. The smallest absolute Gasteiger partial charge is 0.225 e. The summed E-state index contributed by atoms with van der Waals surface area (Å²) in [5.41, 5.74) is 3.00. The van der Waals surface area contributed by atoms with Gasteiger partial charge in [-0.3, -0.25) is 4.79 Å². The Morgan fingerprint density at radius 2 is 1.82 bits per heavy atom. The molecule has 0 saturated carbocycles. The predicted molar refractivity (Wildman–Crippen MR) is 150 cm³/mol. The number of aryl methyl sites for hydroxylation is 1. The summed E-state index contributed by atoms with van der Waals surface area (Å²) in [7, 11) is 0. The van der Waals surface area contributed by atoms with Crippen LogP contribution in [0.4, 0.5) is 5.69 Å². The molecule has 0 spiro atoms. The molecule has 2 aromatic rings. The van der Waals surface area contributed by atoms with Gasteiger partial charge in [-0.2, -0.15) is 0 Å². The molecule has 0 aliphatic carbocycles. The fourth-order valence-electron chi connectivity index (χ4n) is 6.30. The molecule has 0 aromatic heterocycles. The monoisotopic (exact) mass is 535 g/mol. The van der Waals surface area contributed by atoms with Gasteiger partial charge in [0.05, 0.1) is 12.0 Å². The summed E-state index contributed by atoms with van der Waals surface area (Å²) in [6.07, 6.45) is 4.27. The van der Waals surface area contributed by atoms with E-state index in [1.165, 1.54) is 5.56 Å². The molecule has 210 valence electrons. The first-order valence-electron chi connectivity index (χ1n) is 14.5. The minimum atomic E-state index is -0.840. The molecule has 4 aliphatic rings. The maximum atomic E-state index is 13.5. The first-order valence-corrected chi connectivity index (χ1v) is 14.5. The number of nitrogens with zero attached hydrogens (tertiary/aromatic N) is 2. The first-order chi connectivity index (χ1) is 18.8. The number of fused-ring (bicyclic) bond motifs is 2. The highest BCUT2D eigenvalue weighted by atomic mass is 16.6. The van der Waals surface area contributed by atoms with Crippen LogP contribution >= 0.6 is 0 Å². The van der Waals surface area contributed by atoms with Crippen LogP contribution < -0.4 is 24.4 Å². The molecule has 2 saturated heterocycles. The minimum absolute atomic E-state index is 0.0151. The van der Waals surface area contributed by atoms with Crippen molar-refractivity contribution in [1.29, 1.82) is 0 Å². The molecule has 3 unspecified atom stereocenters. The predicted octanol–water partition coefficient (Wildman–Crippen LogP) is 3.70. The largest absolute Gasteiger partial charge is 0.488 e. The summed E-state index contributed by atoms with van der Waals surface area (Å²) in [5.74, 6) is 2.21. The van der Waals surface area contributed by atoms with Gasteiger partial charge in [0.25, 0.3) is 0 Å². The van der Waals surface area contributed by atoms with Crippen LogP contribution in [0.1, 0.15) is 56.8 Å². The van der Waals surface area contributed by atoms with Crippen molar-refractivity contribution >= 4 is 11.6 Å². The highest BCUT2D eigenvalue weighted by molar-refractivity contribution is 5.80. The number of amides is 1. The Morgan fingerprint density at radius 3 is 2.64 bits per heavy atom. The number of hydrogen-bond donors (Lipinski definition) is 2. The van der Waals surface area contributed by atoms with Crippen molar-refractivity contribution in [3.8, 4) is 17.2 Å². The second-order valence-corrected chi connectivity index (χ2v) is 12.1. The summed E-state index contributed by atoms with van der Waals surface area (Å²) in [6, 6.07) is 11.6. The molecule has 2 N–H and O–H groups in total. The van der Waals surface area contributed by atoms with Crippen LogP contribution in [-0.4, -0.2) is 73.5 Å². The van der Waals surface area contributed by atoms with E-state index in [2.05, 4.69) is 47.2 Å². The van der Waals surface area contributed by atoms with E-state index in [1.54, 1.807) is 0 Å². The Labute approximate surface area is 231 Å². The molecule has 0 radical (unpaired) electrons. The highest BCUT2D eigenvalue weighted by Gasteiger charge is 2.34. The van der Waals surface area contributed by atoms with Crippen LogP contribution in [0, 0.1) is 5.92 Å². The van der Waals surface area contributed by atoms with E-state index in [0.29, 0.717) is 37.8 Å². The zero-order chi connectivity index (χ0) is 27.0. The molecule has 6 rings (SSSR count). The van der Waals surface area contributed by atoms with Gasteiger partial charge in [-0.05, 0) is 100 Å². The SMILES string of the molecule is CC1(C)CCc2cc(N3CCC(C(=O)NC(CN4CCCC4)C(O)c4ccc5c(c4)OCCO5)C3)ccc2O1. The van der Waals surface area contributed by atoms with Gasteiger partial charge in [0.15, 0.2) is 11.5 Å². The van der Waals surface area contributed by atoms with Crippen molar-refractivity contribution in [2.24, 2.45) is 5.92 Å². The van der Waals surface area contributed by atoms with E-state index in [1.807, 2.05) is 18.2 Å². The zero-order valence-corrected chi connectivity index (χ0v) is 23.2. The number of aliphatic hydroxyl groups is 1. The molecular weight excluding hydrogens is 494 g/mol. The van der Waals surface area contributed by atoms with Gasteiger partial charge in [-0.1, -0.05) is 6.07 Å². The van der Waals surface area contributed by atoms with Crippen molar-refractivity contribution < 1.29 is 24.1 Å². The zero-order valence-electron chi connectivity index (χ0n) is 23.2. The lowest BCUT2D eigenvalue weighted by atomic mass is 9.94. The number of nitrogens with one attached hydrogen (secondary N) is 1. The van der Waals surface area contributed by atoms with E-state index in [-0.39, 0.29) is 17.4 Å². The maximum Gasteiger partial charge on any atom is 0.225 e. The summed E-state index contributed by atoms with van der Waals surface area (Å²) in [6.45, 7) is 9.42. The van der Waals surface area contributed by atoms with Crippen LogP contribution in [0.5, 0.6) is 17.2 Å². The Morgan fingerprint density at radius 1 is 1.05 bits per heavy atom. The number of carbonyl (C=O) groups excluding carboxylic acids is 1. The molecule has 4 aliphatic heterocycles. The Balaban J connectivity index is 1.13. The lowest BCUT2D eigenvalue weighted by Crippen LogP contribution is -2.48. The molecule has 39 heavy (non-hydrogen) atoms. The van der Waals surface area contributed by atoms with Crippen LogP contribution in [0.3, 0.4) is 0 Å². The van der Waals surface area contributed by atoms with Gasteiger partial charge in [0, 0.05) is 25.3 Å². The normalized spacial score (nSPS) is 23.6. The van der Waals surface area contributed by atoms with Crippen LogP contribution in [0.15, 0.2) is 36.4 Å². The molecule has 0 bridgehead atoms. The summed E-state index contributed by atoms with van der Waals surface area (Å²) < 4.78 is 17.5. The molecule has 8 nitrogen and oxygen atoms in total. The number of anilines is 1. The second kappa shape index (κ2) is 10.9. The van der Waals surface area contributed by atoms with Gasteiger partial charge in [-0.15, -0.1) is 0 Å². The van der Waals surface area contributed by atoms with Gasteiger partial charge in [-0.25, -0.2) is 0 Å². The number of benzene rings is 2. The maximum absolute atomic E-state index is 13.5. The Kier molecular flexibility index (Phi) is 7.33. The van der Waals surface area contributed by atoms with Gasteiger partial charge in [0.2, 0.25) is 5.91 Å². The van der Waals surface area contributed by atoms with Crippen LogP contribution in [0.25, 0.3) is 0 Å². The third-order valence-corrected chi connectivity index (χ3v) is 8.62. The molecule has 1 amide bonds. The molecule has 2 aromatic carbocycles. The lowest BCUT2D eigenvalue weighted by molar-refractivity contribution is -0.126. The van der Waals surface area contributed by atoms with E-state index in [4.69, 9.17) is 14.2 Å². The molecular formula is C31H41N3O5. The van der Waals surface area contributed by atoms with E-state index >= 15 is 0 Å². The summed E-state index contributed by atoms with van der Waals surface area (Å²) in [4.78, 5) is 18.2. The number of carbonyl (C=O) groups is 1. The quantitative estimate of drug-likeness (QED) is 0.559. The van der Waals surface area contributed by atoms with E-state index in [9.17, 15) is 9.90 Å². The van der Waals surface area contributed by atoms with Gasteiger partial charge >= 0.3 is 0 Å². The van der Waals surface area contributed by atoms with Gasteiger partial charge < -0.3 is 34.4 Å². The third-order valence-electron chi connectivity index (χ3n) is 8.62. The fraction of sp³-hybridized carbons (Fsp3) is 0.581. The number of aliphatic hydroxyl groups excluding tert-OH is 1. The number of rotatable bonds is 7. The average Bonchev–Trinajstić information content (AvgIpc) is 3.64. The minimum Gasteiger partial charge on any atom is -0.488 e. The molecule has 3 atom stereocenters. The second-order valence-electron chi connectivity index (χ2n) is 12.1.